The highest BCUT2D eigenvalue weighted by Gasteiger charge is 2.32. The van der Waals surface area contributed by atoms with Crippen LogP contribution in [0.15, 0.2) is 48.9 Å². The predicted molar refractivity (Wildman–Crippen MR) is 105 cm³/mol. The van der Waals surface area contributed by atoms with Crippen LogP contribution in [-0.4, -0.2) is 43.0 Å². The Kier molecular flexibility index (Phi) is 5.62. The number of amides is 1. The van der Waals surface area contributed by atoms with Gasteiger partial charge in [-0.3, -0.25) is 14.5 Å². The molecule has 0 N–H and O–H groups in total. The highest BCUT2D eigenvalue weighted by molar-refractivity contribution is 5.90. The molecule has 162 valence electrons. The van der Waals surface area contributed by atoms with E-state index in [1.807, 2.05) is 12.1 Å². The molecule has 0 aliphatic heterocycles. The molecule has 31 heavy (non-hydrogen) atoms. The van der Waals surface area contributed by atoms with Crippen molar-refractivity contribution in [3.05, 3.63) is 60.3 Å². The number of ether oxygens (including phenoxy) is 1. The first-order valence-electron chi connectivity index (χ1n) is 9.76. The maximum absolute atomic E-state index is 13.0. The molecule has 1 amide bonds. The van der Waals surface area contributed by atoms with Crippen LogP contribution in [0.5, 0.6) is 5.75 Å². The van der Waals surface area contributed by atoms with Gasteiger partial charge in [0.05, 0.1) is 5.69 Å². The Morgan fingerprint density at radius 1 is 1.19 bits per heavy atom. The molecule has 7 nitrogen and oxygen atoms in total. The van der Waals surface area contributed by atoms with Crippen molar-refractivity contribution >= 4 is 5.91 Å². The van der Waals surface area contributed by atoms with Crippen molar-refractivity contribution < 1.29 is 22.7 Å². The van der Waals surface area contributed by atoms with Gasteiger partial charge in [-0.05, 0) is 61.2 Å². The number of nitrogens with zero attached hydrogens (tertiary/aromatic N) is 5. The number of aryl methyl sites for hydroxylation is 1. The largest absolute Gasteiger partial charge is 0.573 e. The van der Waals surface area contributed by atoms with E-state index in [9.17, 15) is 18.0 Å². The van der Waals surface area contributed by atoms with Crippen molar-refractivity contribution in [1.29, 1.82) is 0 Å². The van der Waals surface area contributed by atoms with Crippen LogP contribution < -0.4 is 4.74 Å². The lowest BCUT2D eigenvalue weighted by molar-refractivity contribution is -0.274. The molecule has 2 heterocycles. The molecular formula is C21H20F3N5O2. The van der Waals surface area contributed by atoms with E-state index in [0.29, 0.717) is 17.8 Å². The maximum Gasteiger partial charge on any atom is 0.573 e. The first-order chi connectivity index (χ1) is 14.8. The van der Waals surface area contributed by atoms with Crippen LogP contribution in [0.25, 0.3) is 11.3 Å². The van der Waals surface area contributed by atoms with Crippen LogP contribution >= 0.6 is 0 Å². The van der Waals surface area contributed by atoms with Crippen LogP contribution in [0.2, 0.25) is 0 Å². The Morgan fingerprint density at radius 3 is 2.52 bits per heavy atom. The van der Waals surface area contributed by atoms with E-state index in [1.54, 1.807) is 18.1 Å². The molecule has 1 saturated carbocycles. The smallest absolute Gasteiger partial charge is 0.406 e. The minimum absolute atomic E-state index is 0.131. The Balaban J connectivity index is 1.53. The highest BCUT2D eigenvalue weighted by Crippen LogP contribution is 2.29. The summed E-state index contributed by atoms with van der Waals surface area (Å²) in [6, 6.07) is 9.29. The molecular weight excluding hydrogens is 411 g/mol. The third-order valence-corrected chi connectivity index (χ3v) is 5.13. The average molecular weight is 431 g/mol. The van der Waals surface area contributed by atoms with Gasteiger partial charge in [0.2, 0.25) is 5.82 Å². The Bertz CT molecular complexity index is 1060. The van der Waals surface area contributed by atoms with E-state index in [1.165, 1.54) is 35.3 Å². The summed E-state index contributed by atoms with van der Waals surface area (Å²) in [7, 11) is 1.71. The van der Waals surface area contributed by atoms with Gasteiger partial charge in [-0.1, -0.05) is 0 Å². The fourth-order valence-electron chi connectivity index (χ4n) is 3.39. The number of hydrogen-bond acceptors (Lipinski definition) is 5. The van der Waals surface area contributed by atoms with Gasteiger partial charge in [-0.2, -0.15) is 0 Å². The fraction of sp³-hybridized carbons (Fsp3) is 0.333. The second kappa shape index (κ2) is 8.37. The predicted octanol–water partition coefficient (Wildman–Crippen LogP) is 3.97. The molecule has 0 saturated heterocycles. The topological polar surface area (TPSA) is 73.1 Å². The second-order valence-corrected chi connectivity index (χ2v) is 7.38. The summed E-state index contributed by atoms with van der Waals surface area (Å²) in [6.45, 7) is 0.368. The van der Waals surface area contributed by atoms with Gasteiger partial charge in [0, 0.05) is 31.4 Å². The van der Waals surface area contributed by atoms with Crippen molar-refractivity contribution in [3.63, 3.8) is 0 Å². The van der Waals surface area contributed by atoms with Gasteiger partial charge in [0.15, 0.2) is 0 Å². The minimum atomic E-state index is -4.74. The summed E-state index contributed by atoms with van der Waals surface area (Å²) in [4.78, 5) is 23.1. The number of benzene rings is 1. The first-order valence-corrected chi connectivity index (χ1v) is 9.76. The van der Waals surface area contributed by atoms with Crippen molar-refractivity contribution in [2.24, 2.45) is 7.05 Å². The Morgan fingerprint density at radius 2 is 1.94 bits per heavy atom. The average Bonchev–Trinajstić information content (AvgIpc) is 3.11. The third-order valence-electron chi connectivity index (χ3n) is 5.13. The summed E-state index contributed by atoms with van der Waals surface area (Å²) < 4.78 is 42.4. The maximum atomic E-state index is 13.0. The molecule has 2 aromatic heterocycles. The third kappa shape index (κ3) is 5.01. The summed E-state index contributed by atoms with van der Waals surface area (Å²) in [5.74, 6) is -0.363. The highest BCUT2D eigenvalue weighted by atomic mass is 19.4. The van der Waals surface area contributed by atoms with Gasteiger partial charge in [-0.25, -0.2) is 4.98 Å². The zero-order chi connectivity index (χ0) is 22.0. The minimum Gasteiger partial charge on any atom is -0.406 e. The van der Waals surface area contributed by atoms with Crippen LogP contribution in [0, 0.1) is 0 Å². The van der Waals surface area contributed by atoms with E-state index >= 15 is 0 Å². The molecule has 1 aliphatic rings. The SMILES string of the molecule is Cn1cnc(C(=O)N(Cc2ccnc(-c3ccc(OC(F)(F)F)cc3)c2)C2CCC2)n1. The number of pyridine rings is 1. The van der Waals surface area contributed by atoms with Gasteiger partial charge in [0.25, 0.3) is 5.91 Å². The number of hydrogen-bond donors (Lipinski definition) is 0. The van der Waals surface area contributed by atoms with Gasteiger partial charge >= 0.3 is 6.36 Å². The normalized spacial score (nSPS) is 14.2. The van der Waals surface area contributed by atoms with E-state index in [2.05, 4.69) is 19.8 Å². The fourth-order valence-corrected chi connectivity index (χ4v) is 3.39. The van der Waals surface area contributed by atoms with Crippen LogP contribution in [0.4, 0.5) is 13.2 Å². The second-order valence-electron chi connectivity index (χ2n) is 7.38. The van der Waals surface area contributed by atoms with Crippen LogP contribution in [-0.2, 0) is 13.6 Å². The molecule has 0 atom stereocenters. The number of rotatable bonds is 6. The van der Waals surface area contributed by atoms with Gasteiger partial charge in [-0.15, -0.1) is 18.3 Å². The van der Waals surface area contributed by atoms with Gasteiger partial charge in [0.1, 0.15) is 12.1 Å². The van der Waals surface area contributed by atoms with Crippen molar-refractivity contribution in [2.75, 3.05) is 0 Å². The molecule has 3 aromatic rings. The van der Waals surface area contributed by atoms with E-state index in [4.69, 9.17) is 0 Å². The lowest BCUT2D eigenvalue weighted by Crippen LogP contribution is -2.44. The number of alkyl halides is 3. The zero-order valence-corrected chi connectivity index (χ0v) is 16.7. The van der Waals surface area contributed by atoms with E-state index in [0.717, 1.165) is 24.8 Å². The summed E-state index contributed by atoms with van der Waals surface area (Å²) in [6.07, 6.45) is 1.29. The molecule has 0 spiro atoms. The van der Waals surface area contributed by atoms with Crippen molar-refractivity contribution in [2.45, 2.75) is 38.2 Å². The molecule has 1 fully saturated rings. The van der Waals surface area contributed by atoms with Crippen molar-refractivity contribution in [3.8, 4) is 17.0 Å². The van der Waals surface area contributed by atoms with E-state index in [-0.39, 0.29) is 23.5 Å². The molecule has 10 heteroatoms. The molecule has 1 aliphatic carbocycles. The summed E-state index contributed by atoms with van der Waals surface area (Å²) in [5.41, 5.74) is 2.09. The lowest BCUT2D eigenvalue weighted by Gasteiger charge is -2.37. The van der Waals surface area contributed by atoms with E-state index < -0.39 is 6.36 Å². The Hall–Kier alpha value is -3.43. The quantitative estimate of drug-likeness (QED) is 0.591. The molecule has 4 rings (SSSR count). The molecule has 1 aromatic carbocycles. The Labute approximate surface area is 176 Å². The first kappa shape index (κ1) is 20.8. The number of aromatic nitrogens is 4. The molecule has 0 bridgehead atoms. The number of halogens is 3. The number of carbonyl (C=O) groups excluding carboxylic acids is 1. The lowest BCUT2D eigenvalue weighted by atomic mass is 9.91. The van der Waals surface area contributed by atoms with Crippen molar-refractivity contribution in [1.82, 2.24) is 24.6 Å². The number of carbonyl (C=O) groups is 1. The van der Waals surface area contributed by atoms with Crippen LogP contribution in [0.3, 0.4) is 0 Å². The molecule has 0 unspecified atom stereocenters. The van der Waals surface area contributed by atoms with Gasteiger partial charge < -0.3 is 9.64 Å². The summed E-state index contributed by atoms with van der Waals surface area (Å²) in [5, 5.41) is 4.12. The monoisotopic (exact) mass is 431 g/mol. The molecule has 0 radical (unpaired) electrons. The van der Waals surface area contributed by atoms with Crippen LogP contribution in [0.1, 0.15) is 35.4 Å². The summed E-state index contributed by atoms with van der Waals surface area (Å²) >= 11 is 0. The standard InChI is InChI=1S/C21H20F3N5O2/c1-28-13-26-19(27-28)20(30)29(16-3-2-4-16)12-14-9-10-25-18(11-14)15-5-7-17(8-6-15)31-21(22,23)24/h5-11,13,16H,2-4,12H2,1H3. The zero-order valence-electron chi connectivity index (χ0n) is 16.7.